The Morgan fingerprint density at radius 1 is 0.464 bits per heavy atom. The molecule has 5 rings (SSSR count). The summed E-state index contributed by atoms with van der Waals surface area (Å²) >= 11 is 0. The van der Waals surface area contributed by atoms with Crippen molar-refractivity contribution in [1.29, 1.82) is 0 Å². The average molecular weight is 857 g/mol. The van der Waals surface area contributed by atoms with Crippen molar-refractivity contribution >= 4 is 15.6 Å². The van der Waals surface area contributed by atoms with Gasteiger partial charge in [0.15, 0.2) is 0 Å². The summed E-state index contributed by atoms with van der Waals surface area (Å²) in [6.45, 7) is 13.0. The quantitative estimate of drug-likeness (QED) is 0.0676. The molecule has 0 amide bonds. The van der Waals surface area contributed by atoms with Gasteiger partial charge in [-0.15, -0.1) is 0 Å². The van der Waals surface area contributed by atoms with Crippen molar-refractivity contribution in [3.8, 4) is 0 Å². The maximum atomic E-state index is 9.87. The Morgan fingerprint density at radius 3 is 1.07 bits per heavy atom. The Balaban J connectivity index is 0.000000512. The van der Waals surface area contributed by atoms with Gasteiger partial charge in [-0.1, -0.05) is 89.8 Å². The normalized spacial score (nSPS) is 15.6. The first-order valence-electron chi connectivity index (χ1n) is 19.0. The fourth-order valence-electron chi connectivity index (χ4n) is 6.79. The molecule has 0 radical (unpaired) electrons. The van der Waals surface area contributed by atoms with Crippen LogP contribution >= 0.6 is 15.6 Å². The topological polar surface area (TPSA) is 17.6 Å². The van der Waals surface area contributed by atoms with Gasteiger partial charge in [-0.3, -0.25) is 0 Å². The zero-order valence-electron chi connectivity index (χ0n) is 32.3. The number of hydrogen-bond acceptors (Lipinski definition) is 0. The molecule has 0 atom stereocenters. The molecule has 1 aliphatic rings. The number of hydrogen-bond donors (Lipinski definition) is 0. The number of halogens is 12. The van der Waals surface area contributed by atoms with Crippen LogP contribution in [0.25, 0.3) is 0 Å². The standard InChI is InChI=1S/C38H54N4.2F6P/c1-5-9-19-35-36(20-10-6-2)40-26-32-16-14-18-34(24-32)28-42-30-41(37(21-11-7-3)38(42)22-12-8-4)27-33-17-13-15-31(23-33)25-39(35)29-40;2*1-7(2,3,4,5)6/h13-18,23-24,29-30H,5-12,19-22,25-28H2,1-4H3;;/q+2;2*-1. The van der Waals surface area contributed by atoms with Gasteiger partial charge in [0.05, 0.1) is 0 Å². The zero-order valence-corrected chi connectivity index (χ0v) is 34.1. The number of nitrogens with zero attached hydrogens (tertiary/aromatic N) is 4. The predicted octanol–water partition coefficient (Wildman–Crippen LogP) is 14.5. The average Bonchev–Trinajstić information content (AvgIpc) is 3.52. The molecular weight excluding hydrogens is 802 g/mol. The first-order valence-corrected chi connectivity index (χ1v) is 23.1. The fraction of sp³-hybridized carbons (Fsp3) is 0.526. The van der Waals surface area contributed by atoms with Gasteiger partial charge >= 0.3 is 66.0 Å². The molecule has 4 aromatic rings. The summed E-state index contributed by atoms with van der Waals surface area (Å²) in [4.78, 5) is 0. The van der Waals surface area contributed by atoms with E-state index in [0.717, 1.165) is 51.9 Å². The van der Waals surface area contributed by atoms with E-state index in [9.17, 15) is 50.4 Å². The van der Waals surface area contributed by atoms with Crippen LogP contribution in [0, 0.1) is 0 Å². The number of benzene rings is 2. The van der Waals surface area contributed by atoms with Crippen LogP contribution in [0.5, 0.6) is 0 Å². The molecular formula is C38H54F12N4P2. The van der Waals surface area contributed by atoms with Gasteiger partial charge in [0.1, 0.15) is 49.0 Å². The van der Waals surface area contributed by atoms with Crippen molar-refractivity contribution in [2.24, 2.45) is 0 Å². The Hall–Kier alpha value is -3.12. The van der Waals surface area contributed by atoms with Crippen molar-refractivity contribution in [2.45, 2.75) is 131 Å². The Kier molecular flexibility index (Phi) is 14.3. The second-order valence-corrected chi connectivity index (χ2v) is 18.3. The summed E-state index contributed by atoms with van der Waals surface area (Å²) in [7, 11) is -21.3. The molecule has 0 N–H and O–H groups in total. The molecule has 1 aliphatic heterocycles. The molecule has 0 spiro atoms. The van der Waals surface area contributed by atoms with Crippen LogP contribution in [0.1, 0.15) is 124 Å². The first kappa shape index (κ1) is 47.3. The summed E-state index contributed by atoms with van der Waals surface area (Å²) in [5.41, 5.74) is 11.8. The van der Waals surface area contributed by atoms with E-state index in [1.807, 2.05) is 0 Å². The molecule has 2 aromatic heterocycles. The number of imidazole rings is 2. The van der Waals surface area contributed by atoms with Crippen molar-refractivity contribution in [2.75, 3.05) is 0 Å². The van der Waals surface area contributed by atoms with Gasteiger partial charge in [0, 0.05) is 25.7 Å². The molecule has 320 valence electrons. The van der Waals surface area contributed by atoms with Crippen molar-refractivity contribution in [3.05, 3.63) is 106 Å². The summed E-state index contributed by atoms with van der Waals surface area (Å²) in [6, 6.07) is 18.8. The molecule has 0 aliphatic carbocycles. The summed E-state index contributed by atoms with van der Waals surface area (Å²) < 4.78 is 129. The molecule has 0 unspecified atom stereocenters. The third kappa shape index (κ3) is 19.4. The van der Waals surface area contributed by atoms with Crippen LogP contribution in [-0.2, 0) is 51.9 Å². The minimum absolute atomic E-state index is 0.940. The van der Waals surface area contributed by atoms with E-state index in [2.05, 4.69) is 107 Å². The fourth-order valence-corrected chi connectivity index (χ4v) is 6.79. The van der Waals surface area contributed by atoms with Crippen LogP contribution < -0.4 is 9.13 Å². The monoisotopic (exact) mass is 856 g/mol. The first-order chi connectivity index (χ1) is 25.5. The van der Waals surface area contributed by atoms with Crippen LogP contribution in [0.4, 0.5) is 50.4 Å². The number of aromatic nitrogens is 4. The van der Waals surface area contributed by atoms with E-state index in [1.54, 1.807) is 22.8 Å². The zero-order chi connectivity index (χ0) is 42.1. The van der Waals surface area contributed by atoms with Crippen LogP contribution in [-0.4, -0.2) is 9.13 Å². The Bertz CT molecular complexity index is 1640. The van der Waals surface area contributed by atoms with Gasteiger partial charge in [0.25, 0.3) is 0 Å². The second-order valence-electron chi connectivity index (χ2n) is 14.5. The Labute approximate surface area is 321 Å². The summed E-state index contributed by atoms with van der Waals surface area (Å²) in [5, 5.41) is 0. The van der Waals surface area contributed by atoms with Crippen molar-refractivity contribution in [1.82, 2.24) is 9.13 Å². The molecule has 4 nitrogen and oxygen atoms in total. The van der Waals surface area contributed by atoms with Gasteiger partial charge in [-0.05, 0) is 60.1 Å². The van der Waals surface area contributed by atoms with Gasteiger partial charge in [-0.2, -0.15) is 0 Å². The predicted molar refractivity (Wildman–Crippen MR) is 200 cm³/mol. The molecule has 0 saturated carbocycles. The van der Waals surface area contributed by atoms with Crippen molar-refractivity contribution in [3.63, 3.8) is 0 Å². The molecule has 56 heavy (non-hydrogen) atoms. The van der Waals surface area contributed by atoms with Gasteiger partial charge in [-0.25, -0.2) is 18.3 Å². The van der Waals surface area contributed by atoms with E-state index in [1.165, 1.54) is 73.6 Å². The molecule has 2 aromatic carbocycles. The summed E-state index contributed by atoms with van der Waals surface area (Å²) in [6.07, 6.45) is 19.4. The molecule has 0 fully saturated rings. The van der Waals surface area contributed by atoms with E-state index < -0.39 is 15.6 Å². The number of rotatable bonds is 12. The van der Waals surface area contributed by atoms with E-state index >= 15 is 0 Å². The van der Waals surface area contributed by atoms with Crippen LogP contribution in [0.2, 0.25) is 0 Å². The molecule has 8 bridgehead atoms. The number of fused-ring (bicyclic) bond motifs is 8. The summed E-state index contributed by atoms with van der Waals surface area (Å²) in [5.74, 6) is 0. The Morgan fingerprint density at radius 2 is 0.750 bits per heavy atom. The third-order valence-electron chi connectivity index (χ3n) is 9.07. The SMILES string of the molecule is CCCCc1c(CCCC)[n+]2cn1Cc1cccc(c1)Cn1c[n+](c(CCCC)c1CCCC)Cc1cccc(c1)C2.F[P-](F)(F)(F)(F)F.F[P-](F)(F)(F)(F)F. The molecule has 0 saturated heterocycles. The van der Waals surface area contributed by atoms with Crippen LogP contribution in [0.3, 0.4) is 0 Å². The van der Waals surface area contributed by atoms with E-state index in [-0.39, 0.29) is 0 Å². The van der Waals surface area contributed by atoms with E-state index in [0.29, 0.717) is 0 Å². The van der Waals surface area contributed by atoms with Crippen molar-refractivity contribution < 1.29 is 59.5 Å². The maximum absolute atomic E-state index is 10.7. The molecule has 3 heterocycles. The van der Waals surface area contributed by atoms with Gasteiger partial charge in [0.2, 0.25) is 12.7 Å². The van der Waals surface area contributed by atoms with Crippen LogP contribution in [0.15, 0.2) is 61.2 Å². The second kappa shape index (κ2) is 17.0. The van der Waals surface area contributed by atoms with E-state index in [4.69, 9.17) is 0 Å². The molecule has 18 heteroatoms. The number of unbranched alkanes of at least 4 members (excludes halogenated alkanes) is 4. The minimum atomic E-state index is -10.7. The third-order valence-corrected chi connectivity index (χ3v) is 9.07. The van der Waals surface area contributed by atoms with Gasteiger partial charge < -0.3 is 0 Å².